The number of ketones is 1. The Kier molecular flexibility index (Phi) is 4.86. The SMILES string of the molecule is CC12CCC3C(CCC4=CC(SCCCN)CCC43C)C1CCC2=O. The summed E-state index contributed by atoms with van der Waals surface area (Å²) in [5, 5.41) is 0.716. The number of hydrogen-bond donors (Lipinski definition) is 1. The Morgan fingerprint density at radius 1 is 1.08 bits per heavy atom. The molecule has 0 aliphatic heterocycles. The van der Waals surface area contributed by atoms with Crippen molar-refractivity contribution in [3.63, 3.8) is 0 Å². The molecule has 0 aromatic heterocycles. The van der Waals surface area contributed by atoms with E-state index in [1.165, 1.54) is 44.3 Å². The highest BCUT2D eigenvalue weighted by Crippen LogP contribution is 2.64. The molecule has 4 aliphatic carbocycles. The van der Waals surface area contributed by atoms with Crippen molar-refractivity contribution >= 4 is 17.5 Å². The van der Waals surface area contributed by atoms with Crippen molar-refractivity contribution in [3.8, 4) is 0 Å². The maximum Gasteiger partial charge on any atom is 0.139 e. The summed E-state index contributed by atoms with van der Waals surface area (Å²) in [6.07, 6.45) is 13.5. The van der Waals surface area contributed by atoms with Crippen molar-refractivity contribution in [2.75, 3.05) is 12.3 Å². The normalized spacial score (nSPS) is 46.2. The van der Waals surface area contributed by atoms with Gasteiger partial charge in [-0.1, -0.05) is 25.5 Å². The molecule has 0 heterocycles. The molecule has 3 heteroatoms. The lowest BCUT2D eigenvalue weighted by Gasteiger charge is -2.57. The minimum atomic E-state index is 0.0218. The largest absolute Gasteiger partial charge is 0.330 e. The van der Waals surface area contributed by atoms with Gasteiger partial charge in [0.25, 0.3) is 0 Å². The summed E-state index contributed by atoms with van der Waals surface area (Å²) in [6, 6.07) is 0. The van der Waals surface area contributed by atoms with Crippen LogP contribution in [0.4, 0.5) is 0 Å². The Hall–Kier alpha value is -0.280. The van der Waals surface area contributed by atoms with Crippen molar-refractivity contribution in [1.82, 2.24) is 0 Å². The quantitative estimate of drug-likeness (QED) is 0.568. The van der Waals surface area contributed by atoms with Crippen molar-refractivity contribution in [2.24, 2.45) is 34.3 Å². The first-order chi connectivity index (χ1) is 12.0. The average molecular weight is 362 g/mol. The first-order valence-electron chi connectivity index (χ1n) is 10.5. The molecular weight excluding hydrogens is 326 g/mol. The predicted octanol–water partition coefficient (Wildman–Crippen LogP) is 4.97. The van der Waals surface area contributed by atoms with Gasteiger partial charge >= 0.3 is 0 Å². The van der Waals surface area contributed by atoms with Gasteiger partial charge in [-0.15, -0.1) is 0 Å². The lowest BCUT2D eigenvalue weighted by atomic mass is 9.47. The van der Waals surface area contributed by atoms with Crippen LogP contribution in [0.15, 0.2) is 11.6 Å². The highest BCUT2D eigenvalue weighted by atomic mass is 32.2. The van der Waals surface area contributed by atoms with Crippen LogP contribution in [0, 0.1) is 28.6 Å². The summed E-state index contributed by atoms with van der Waals surface area (Å²) >= 11 is 2.12. The fourth-order valence-electron chi connectivity index (χ4n) is 6.92. The minimum Gasteiger partial charge on any atom is -0.330 e. The van der Waals surface area contributed by atoms with E-state index in [2.05, 4.69) is 31.7 Å². The van der Waals surface area contributed by atoms with Gasteiger partial charge in [-0.3, -0.25) is 4.79 Å². The van der Waals surface area contributed by atoms with Gasteiger partial charge in [0, 0.05) is 17.1 Å². The molecule has 4 rings (SSSR count). The summed E-state index contributed by atoms with van der Waals surface area (Å²) in [5.41, 5.74) is 7.86. The number of Topliss-reactive ketones (excluding diaryl/α,β-unsaturated/α-hetero) is 1. The van der Waals surface area contributed by atoms with E-state index in [9.17, 15) is 4.79 Å². The number of allylic oxidation sites excluding steroid dienone is 1. The molecule has 0 radical (unpaired) electrons. The van der Waals surface area contributed by atoms with Crippen LogP contribution in [0.2, 0.25) is 0 Å². The fourth-order valence-corrected chi connectivity index (χ4v) is 8.10. The number of thioether (sulfide) groups is 1. The number of fused-ring (bicyclic) bond motifs is 5. The standard InChI is InChI=1S/C22H35NOS/c1-21-10-8-16(25-13-3-12-23)14-15(21)4-5-17-18-6-7-20(24)22(18,2)11-9-19(17)21/h14,16-19H,3-13,23H2,1-2H3. The van der Waals surface area contributed by atoms with Crippen molar-refractivity contribution in [2.45, 2.75) is 76.9 Å². The monoisotopic (exact) mass is 361 g/mol. The van der Waals surface area contributed by atoms with Gasteiger partial charge in [-0.2, -0.15) is 11.8 Å². The Balaban J connectivity index is 1.53. The van der Waals surface area contributed by atoms with Gasteiger partial charge in [0.1, 0.15) is 5.78 Å². The molecule has 2 N–H and O–H groups in total. The fraction of sp³-hybridized carbons (Fsp3) is 0.864. The Bertz CT molecular complexity index is 572. The molecule has 0 aromatic carbocycles. The third-order valence-corrected chi connectivity index (χ3v) is 9.79. The van der Waals surface area contributed by atoms with E-state index in [0.717, 1.165) is 37.6 Å². The highest BCUT2D eigenvalue weighted by molar-refractivity contribution is 8.00. The average Bonchev–Trinajstić information content (AvgIpc) is 2.90. The molecular formula is C22H35NOS. The van der Waals surface area contributed by atoms with Crippen molar-refractivity contribution in [3.05, 3.63) is 11.6 Å². The van der Waals surface area contributed by atoms with E-state index in [0.29, 0.717) is 22.4 Å². The zero-order chi connectivity index (χ0) is 17.7. The summed E-state index contributed by atoms with van der Waals surface area (Å²) in [6.45, 7) is 5.67. The second-order valence-electron chi connectivity index (χ2n) is 9.53. The first kappa shape index (κ1) is 18.1. The maximum absolute atomic E-state index is 12.5. The zero-order valence-electron chi connectivity index (χ0n) is 16.1. The van der Waals surface area contributed by atoms with Gasteiger partial charge in [0.2, 0.25) is 0 Å². The Morgan fingerprint density at radius 2 is 1.84 bits per heavy atom. The van der Waals surface area contributed by atoms with E-state index in [-0.39, 0.29) is 5.41 Å². The lowest BCUT2D eigenvalue weighted by molar-refractivity contribution is -0.132. The summed E-state index contributed by atoms with van der Waals surface area (Å²) < 4.78 is 0. The summed E-state index contributed by atoms with van der Waals surface area (Å²) in [7, 11) is 0. The smallest absolute Gasteiger partial charge is 0.139 e. The van der Waals surface area contributed by atoms with Crippen LogP contribution in [-0.4, -0.2) is 23.3 Å². The summed E-state index contributed by atoms with van der Waals surface area (Å²) in [5.74, 6) is 4.08. The molecule has 6 atom stereocenters. The van der Waals surface area contributed by atoms with Gasteiger partial charge in [0.15, 0.2) is 0 Å². The number of hydrogen-bond acceptors (Lipinski definition) is 3. The number of carbonyl (C=O) groups is 1. The van der Waals surface area contributed by atoms with E-state index >= 15 is 0 Å². The highest BCUT2D eigenvalue weighted by Gasteiger charge is 2.58. The number of rotatable bonds is 4. The lowest BCUT2D eigenvalue weighted by Crippen LogP contribution is -2.50. The van der Waals surface area contributed by atoms with Crippen molar-refractivity contribution in [1.29, 1.82) is 0 Å². The van der Waals surface area contributed by atoms with Crippen LogP contribution in [-0.2, 0) is 4.79 Å². The predicted molar refractivity (Wildman–Crippen MR) is 107 cm³/mol. The second kappa shape index (κ2) is 6.71. The molecule has 0 aromatic rings. The van der Waals surface area contributed by atoms with Crippen LogP contribution in [0.3, 0.4) is 0 Å². The zero-order valence-corrected chi connectivity index (χ0v) is 16.9. The molecule has 140 valence electrons. The van der Waals surface area contributed by atoms with Crippen LogP contribution in [0.5, 0.6) is 0 Å². The molecule has 6 unspecified atom stereocenters. The molecule has 3 fully saturated rings. The number of carbonyl (C=O) groups excluding carboxylic acids is 1. The van der Waals surface area contributed by atoms with E-state index in [4.69, 9.17) is 5.73 Å². The van der Waals surface area contributed by atoms with Gasteiger partial charge < -0.3 is 5.73 Å². The molecule has 0 bridgehead atoms. The Labute approximate surface area is 157 Å². The third-order valence-electron chi connectivity index (χ3n) is 8.46. The van der Waals surface area contributed by atoms with Crippen LogP contribution < -0.4 is 5.73 Å². The molecule has 3 saturated carbocycles. The van der Waals surface area contributed by atoms with E-state index in [1.54, 1.807) is 5.57 Å². The van der Waals surface area contributed by atoms with Crippen LogP contribution >= 0.6 is 11.8 Å². The molecule has 0 saturated heterocycles. The van der Waals surface area contributed by atoms with Crippen LogP contribution in [0.25, 0.3) is 0 Å². The molecule has 2 nitrogen and oxygen atoms in total. The molecule has 25 heavy (non-hydrogen) atoms. The van der Waals surface area contributed by atoms with Crippen LogP contribution in [0.1, 0.15) is 71.6 Å². The maximum atomic E-state index is 12.5. The Morgan fingerprint density at radius 3 is 2.64 bits per heavy atom. The third kappa shape index (κ3) is 2.84. The van der Waals surface area contributed by atoms with Gasteiger partial charge in [-0.25, -0.2) is 0 Å². The van der Waals surface area contributed by atoms with E-state index < -0.39 is 0 Å². The summed E-state index contributed by atoms with van der Waals surface area (Å²) in [4.78, 5) is 12.5. The topological polar surface area (TPSA) is 43.1 Å². The minimum absolute atomic E-state index is 0.0218. The molecule has 0 amide bonds. The van der Waals surface area contributed by atoms with E-state index in [1.807, 2.05) is 0 Å². The van der Waals surface area contributed by atoms with Gasteiger partial charge in [-0.05, 0) is 86.8 Å². The van der Waals surface area contributed by atoms with Crippen molar-refractivity contribution < 1.29 is 4.79 Å². The first-order valence-corrected chi connectivity index (χ1v) is 11.6. The van der Waals surface area contributed by atoms with Gasteiger partial charge in [0.05, 0.1) is 0 Å². The number of nitrogens with two attached hydrogens (primary N) is 1. The molecule has 0 spiro atoms. The molecule has 4 aliphatic rings. The second-order valence-corrected chi connectivity index (χ2v) is 10.9.